The van der Waals surface area contributed by atoms with Crippen molar-refractivity contribution < 1.29 is 17.9 Å². The van der Waals surface area contributed by atoms with Crippen LogP contribution in [0.1, 0.15) is 17.7 Å². The molecule has 0 radical (unpaired) electrons. The molecule has 1 aliphatic heterocycles. The van der Waals surface area contributed by atoms with Crippen molar-refractivity contribution in [3.63, 3.8) is 0 Å². The fourth-order valence-corrected chi connectivity index (χ4v) is 5.05. The van der Waals surface area contributed by atoms with Crippen LogP contribution in [0.15, 0.2) is 53.7 Å². The molecule has 35 heavy (non-hydrogen) atoms. The van der Waals surface area contributed by atoms with Gasteiger partial charge in [-0.15, -0.1) is 0 Å². The van der Waals surface area contributed by atoms with Gasteiger partial charge >= 0.3 is 6.09 Å². The molecule has 11 nitrogen and oxygen atoms in total. The predicted molar refractivity (Wildman–Crippen MR) is 131 cm³/mol. The Morgan fingerprint density at radius 1 is 1.20 bits per heavy atom. The van der Waals surface area contributed by atoms with Gasteiger partial charge in [0.2, 0.25) is 5.43 Å². The van der Waals surface area contributed by atoms with Crippen molar-refractivity contribution >= 4 is 21.6 Å². The van der Waals surface area contributed by atoms with Gasteiger partial charge in [0.25, 0.3) is 0 Å². The lowest BCUT2D eigenvalue weighted by Crippen LogP contribution is -2.40. The molecule has 0 unspecified atom stereocenters. The monoisotopic (exact) mass is 500 g/mol. The number of benzene rings is 1. The van der Waals surface area contributed by atoms with Gasteiger partial charge in [-0.1, -0.05) is 12.1 Å². The van der Waals surface area contributed by atoms with Crippen LogP contribution in [0.5, 0.6) is 0 Å². The Morgan fingerprint density at radius 2 is 2.00 bits per heavy atom. The average Bonchev–Trinajstić information content (AvgIpc) is 3.25. The van der Waals surface area contributed by atoms with Crippen molar-refractivity contribution in [2.75, 3.05) is 43.1 Å². The molecule has 1 aromatic carbocycles. The Kier molecular flexibility index (Phi) is 7.61. The Balaban J connectivity index is 1.28. The highest BCUT2D eigenvalue weighted by Crippen LogP contribution is 2.14. The maximum atomic E-state index is 12.3. The minimum atomic E-state index is -2.90. The molecule has 0 bridgehead atoms. The van der Waals surface area contributed by atoms with E-state index in [1.807, 2.05) is 6.07 Å². The topological polar surface area (TPSA) is 128 Å². The van der Waals surface area contributed by atoms with E-state index in [1.165, 1.54) is 6.07 Å². The molecule has 4 rings (SSSR count). The number of anilines is 1. The first-order valence-corrected chi connectivity index (χ1v) is 13.1. The van der Waals surface area contributed by atoms with Gasteiger partial charge in [-0.2, -0.15) is 10.2 Å². The number of nitrogens with one attached hydrogen (secondary N) is 1. The molecule has 3 heterocycles. The molecule has 1 N–H and O–H groups in total. The molecule has 0 atom stereocenters. The molecule has 2 aromatic heterocycles. The van der Waals surface area contributed by atoms with Crippen LogP contribution in [-0.4, -0.2) is 76.7 Å². The summed E-state index contributed by atoms with van der Waals surface area (Å²) >= 11 is 0. The summed E-state index contributed by atoms with van der Waals surface area (Å²) in [5.41, 5.74) is 2.32. The van der Waals surface area contributed by atoms with Crippen molar-refractivity contribution in [1.82, 2.24) is 24.5 Å². The van der Waals surface area contributed by atoms with Crippen LogP contribution in [0.2, 0.25) is 0 Å². The van der Waals surface area contributed by atoms with E-state index in [9.17, 15) is 18.0 Å². The van der Waals surface area contributed by atoms with E-state index in [-0.39, 0.29) is 23.5 Å². The van der Waals surface area contributed by atoms with Gasteiger partial charge in [-0.25, -0.2) is 17.9 Å². The molecular formula is C23H28N6O5S. The zero-order valence-electron chi connectivity index (χ0n) is 19.5. The summed E-state index contributed by atoms with van der Waals surface area (Å²) in [4.78, 5) is 26.6. The number of carbonyl (C=O) groups is 1. The minimum absolute atomic E-state index is 0.172. The second-order valence-corrected chi connectivity index (χ2v) is 10.7. The van der Waals surface area contributed by atoms with Crippen LogP contribution in [-0.2, 0) is 28.0 Å². The largest absolute Gasteiger partial charge is 0.449 e. The van der Waals surface area contributed by atoms with Crippen molar-refractivity contribution in [2.45, 2.75) is 12.8 Å². The zero-order valence-corrected chi connectivity index (χ0v) is 20.3. The zero-order chi connectivity index (χ0) is 24.8. The third-order valence-corrected chi connectivity index (χ3v) is 7.28. The Labute approximate surface area is 203 Å². The number of aromatic nitrogens is 4. The maximum absolute atomic E-state index is 12.3. The molecule has 0 aliphatic carbocycles. The highest BCUT2D eigenvalue weighted by Gasteiger charge is 2.21. The highest BCUT2D eigenvalue weighted by atomic mass is 32.2. The first-order chi connectivity index (χ1) is 16.8. The van der Waals surface area contributed by atoms with E-state index in [4.69, 9.17) is 4.74 Å². The van der Waals surface area contributed by atoms with E-state index in [1.54, 1.807) is 53.2 Å². The number of aryl methyl sites for hydroxylation is 1. The van der Waals surface area contributed by atoms with Crippen LogP contribution in [0.25, 0.3) is 5.69 Å². The van der Waals surface area contributed by atoms with E-state index in [2.05, 4.69) is 20.4 Å². The van der Waals surface area contributed by atoms with E-state index in [0.717, 1.165) is 11.3 Å². The summed E-state index contributed by atoms with van der Waals surface area (Å²) in [5, 5.41) is 11.3. The number of sulfone groups is 1. The van der Waals surface area contributed by atoms with E-state index >= 15 is 0 Å². The standard InChI is InChI=1S/C23H28N6O5S/c1-27-17-20(16-24-27)29-8-6-22(30)21(26-29)15-18-4-2-5-19(14-18)25-23(31)34-11-3-7-28-9-12-35(32,33)13-10-28/h2,4-6,8,14,16-17H,3,7,9-13,15H2,1H3,(H,25,31). The average molecular weight is 501 g/mol. The van der Waals surface area contributed by atoms with Gasteiger partial charge in [0.15, 0.2) is 9.84 Å². The second-order valence-electron chi connectivity index (χ2n) is 8.43. The van der Waals surface area contributed by atoms with Gasteiger partial charge in [0.05, 0.1) is 30.5 Å². The van der Waals surface area contributed by atoms with Gasteiger partial charge < -0.3 is 9.64 Å². The summed E-state index contributed by atoms with van der Waals surface area (Å²) in [6.45, 7) is 1.95. The van der Waals surface area contributed by atoms with E-state index < -0.39 is 15.9 Å². The minimum Gasteiger partial charge on any atom is -0.449 e. The number of hydrogen-bond donors (Lipinski definition) is 1. The lowest BCUT2D eigenvalue weighted by atomic mass is 10.1. The Morgan fingerprint density at radius 3 is 2.74 bits per heavy atom. The summed E-state index contributed by atoms with van der Waals surface area (Å²) in [5.74, 6) is 0.362. The lowest BCUT2D eigenvalue weighted by Gasteiger charge is -2.26. The highest BCUT2D eigenvalue weighted by molar-refractivity contribution is 7.91. The molecule has 1 amide bonds. The fraction of sp³-hybridized carbons (Fsp3) is 0.391. The summed E-state index contributed by atoms with van der Waals surface area (Å²) in [7, 11) is -1.09. The van der Waals surface area contributed by atoms with Crippen molar-refractivity contribution in [3.05, 3.63) is 70.4 Å². The van der Waals surface area contributed by atoms with Crippen LogP contribution in [0, 0.1) is 0 Å². The van der Waals surface area contributed by atoms with Crippen molar-refractivity contribution in [2.24, 2.45) is 7.05 Å². The number of rotatable bonds is 8. The van der Waals surface area contributed by atoms with Crippen LogP contribution < -0.4 is 10.7 Å². The summed E-state index contributed by atoms with van der Waals surface area (Å²) < 4.78 is 31.5. The molecule has 186 valence electrons. The van der Waals surface area contributed by atoms with Gasteiger partial charge in [0.1, 0.15) is 11.4 Å². The first-order valence-electron chi connectivity index (χ1n) is 11.3. The predicted octanol–water partition coefficient (Wildman–Crippen LogP) is 1.23. The molecule has 1 fully saturated rings. The quantitative estimate of drug-likeness (QED) is 0.457. The van der Waals surface area contributed by atoms with Gasteiger partial charge in [-0.3, -0.25) is 14.8 Å². The van der Waals surface area contributed by atoms with Crippen molar-refractivity contribution in [3.8, 4) is 5.69 Å². The third kappa shape index (κ3) is 6.99. The molecule has 1 aliphatic rings. The number of amides is 1. The number of hydrogen-bond acceptors (Lipinski definition) is 8. The van der Waals surface area contributed by atoms with E-state index in [0.29, 0.717) is 43.9 Å². The molecule has 0 saturated carbocycles. The maximum Gasteiger partial charge on any atom is 0.411 e. The van der Waals surface area contributed by atoms with Crippen LogP contribution in [0.3, 0.4) is 0 Å². The van der Waals surface area contributed by atoms with Gasteiger partial charge in [0, 0.05) is 51.1 Å². The molecule has 12 heteroatoms. The van der Waals surface area contributed by atoms with Gasteiger partial charge in [-0.05, 0) is 24.1 Å². The van der Waals surface area contributed by atoms with Crippen molar-refractivity contribution in [1.29, 1.82) is 0 Å². The molecule has 1 saturated heterocycles. The van der Waals surface area contributed by atoms with Crippen LogP contribution >= 0.6 is 0 Å². The SMILES string of the molecule is Cn1cc(-n2ccc(=O)c(Cc3cccc(NC(=O)OCCCN4CCS(=O)(=O)CC4)c3)n2)cn1. The normalized spacial score (nSPS) is 15.6. The number of nitrogens with zero attached hydrogens (tertiary/aromatic N) is 5. The second kappa shape index (κ2) is 10.8. The number of carbonyl (C=O) groups excluding carboxylic acids is 1. The Hall–Kier alpha value is -3.51. The molecular weight excluding hydrogens is 472 g/mol. The molecule has 0 spiro atoms. The summed E-state index contributed by atoms with van der Waals surface area (Å²) in [6, 6.07) is 8.64. The first kappa shape index (κ1) is 24.6. The summed E-state index contributed by atoms with van der Waals surface area (Å²) in [6.07, 6.45) is 5.42. The Bertz CT molecular complexity index is 1340. The third-order valence-electron chi connectivity index (χ3n) is 5.67. The molecule has 3 aromatic rings. The smallest absolute Gasteiger partial charge is 0.411 e. The fourth-order valence-electron chi connectivity index (χ4n) is 3.77. The van der Waals surface area contributed by atoms with Crippen LogP contribution in [0.4, 0.5) is 10.5 Å². The number of ether oxygens (including phenoxy) is 1. The lowest BCUT2D eigenvalue weighted by molar-refractivity contribution is 0.153.